The molecule has 0 saturated heterocycles. The van der Waals surface area contributed by atoms with E-state index in [2.05, 4.69) is 0 Å². The molecule has 88 valence electrons. The first-order valence-corrected chi connectivity index (χ1v) is 5.65. The van der Waals surface area contributed by atoms with Crippen LogP contribution in [0.1, 0.15) is 47.4 Å². The van der Waals surface area contributed by atoms with Crippen molar-refractivity contribution in [2.24, 2.45) is 5.41 Å². The molecule has 0 bridgehead atoms. The first-order chi connectivity index (χ1) is 7.97. The van der Waals surface area contributed by atoms with Crippen molar-refractivity contribution in [1.29, 1.82) is 0 Å². The van der Waals surface area contributed by atoms with Crippen molar-refractivity contribution in [2.75, 3.05) is 0 Å². The van der Waals surface area contributed by atoms with Gasteiger partial charge in [0, 0.05) is 17.5 Å². The standard InChI is InChI=1S/C14H14O3/c1-9(15)7-8-14(2)12(16)10-5-3-4-6-11(10)13(14)17/h3-6H,7-8H2,1-2H3. The molecule has 0 unspecified atom stereocenters. The molecule has 3 heteroatoms. The maximum Gasteiger partial charge on any atom is 0.177 e. The molecule has 0 aromatic heterocycles. The first-order valence-electron chi connectivity index (χ1n) is 5.65. The van der Waals surface area contributed by atoms with E-state index in [1.165, 1.54) is 6.92 Å². The summed E-state index contributed by atoms with van der Waals surface area (Å²) in [5.74, 6) is -0.304. The van der Waals surface area contributed by atoms with Crippen LogP contribution in [0.5, 0.6) is 0 Å². The zero-order valence-corrected chi connectivity index (χ0v) is 9.95. The van der Waals surface area contributed by atoms with Gasteiger partial charge in [0.25, 0.3) is 0 Å². The minimum Gasteiger partial charge on any atom is -0.300 e. The molecule has 0 atom stereocenters. The number of hydrogen-bond acceptors (Lipinski definition) is 3. The number of Topliss-reactive ketones (excluding diaryl/α,β-unsaturated/α-hetero) is 3. The third-order valence-corrected chi connectivity index (χ3v) is 3.40. The van der Waals surface area contributed by atoms with Gasteiger partial charge in [-0.25, -0.2) is 0 Å². The number of fused-ring (bicyclic) bond motifs is 1. The van der Waals surface area contributed by atoms with Crippen LogP contribution in [-0.2, 0) is 4.79 Å². The average Bonchev–Trinajstić information content (AvgIpc) is 2.51. The summed E-state index contributed by atoms with van der Waals surface area (Å²) in [5.41, 5.74) is -0.0675. The Bertz CT molecular complexity index is 479. The lowest BCUT2D eigenvalue weighted by Crippen LogP contribution is -2.30. The van der Waals surface area contributed by atoms with E-state index in [9.17, 15) is 14.4 Å². The monoisotopic (exact) mass is 230 g/mol. The molecule has 0 fully saturated rings. The average molecular weight is 230 g/mol. The second-order valence-corrected chi connectivity index (χ2v) is 4.74. The Labute approximate surface area is 99.8 Å². The van der Waals surface area contributed by atoms with E-state index in [1.807, 2.05) is 0 Å². The van der Waals surface area contributed by atoms with Gasteiger partial charge in [-0.15, -0.1) is 0 Å². The maximum atomic E-state index is 12.2. The summed E-state index contributed by atoms with van der Waals surface area (Å²) in [4.78, 5) is 35.4. The van der Waals surface area contributed by atoms with Crippen LogP contribution in [0.3, 0.4) is 0 Å². The Morgan fingerprint density at radius 2 is 1.59 bits per heavy atom. The van der Waals surface area contributed by atoms with Gasteiger partial charge in [-0.3, -0.25) is 9.59 Å². The van der Waals surface area contributed by atoms with E-state index < -0.39 is 5.41 Å². The number of rotatable bonds is 3. The van der Waals surface area contributed by atoms with E-state index in [4.69, 9.17) is 0 Å². The van der Waals surface area contributed by atoms with E-state index >= 15 is 0 Å². The largest absolute Gasteiger partial charge is 0.300 e. The summed E-state index contributed by atoms with van der Waals surface area (Å²) in [5, 5.41) is 0. The summed E-state index contributed by atoms with van der Waals surface area (Å²) in [6, 6.07) is 6.85. The number of carbonyl (C=O) groups excluding carboxylic acids is 3. The molecule has 0 amide bonds. The third-order valence-electron chi connectivity index (χ3n) is 3.40. The van der Waals surface area contributed by atoms with Crippen molar-refractivity contribution in [3.05, 3.63) is 35.4 Å². The lowest BCUT2D eigenvalue weighted by molar-refractivity contribution is -0.117. The Kier molecular flexibility index (Phi) is 2.69. The predicted octanol–water partition coefficient (Wildman–Crippen LogP) is 2.44. The molecule has 1 aliphatic rings. The van der Waals surface area contributed by atoms with Crippen molar-refractivity contribution >= 4 is 17.3 Å². The van der Waals surface area contributed by atoms with Gasteiger partial charge < -0.3 is 4.79 Å². The minimum absolute atomic E-state index is 0.00258. The van der Waals surface area contributed by atoms with Crippen molar-refractivity contribution in [2.45, 2.75) is 26.7 Å². The summed E-state index contributed by atoms with van der Waals surface area (Å²) in [7, 11) is 0. The topological polar surface area (TPSA) is 51.2 Å². The van der Waals surface area contributed by atoms with Crippen LogP contribution in [0.15, 0.2) is 24.3 Å². The summed E-state index contributed by atoms with van der Waals surface area (Å²) >= 11 is 0. The molecule has 1 aromatic rings. The van der Waals surface area contributed by atoms with Gasteiger partial charge in [0.1, 0.15) is 5.78 Å². The fourth-order valence-corrected chi connectivity index (χ4v) is 2.23. The smallest absolute Gasteiger partial charge is 0.177 e. The zero-order valence-electron chi connectivity index (χ0n) is 9.95. The number of benzene rings is 1. The molecular weight excluding hydrogens is 216 g/mol. The molecule has 17 heavy (non-hydrogen) atoms. The van der Waals surface area contributed by atoms with Crippen molar-refractivity contribution in [3.8, 4) is 0 Å². The minimum atomic E-state index is -1.05. The fraction of sp³-hybridized carbons (Fsp3) is 0.357. The fourth-order valence-electron chi connectivity index (χ4n) is 2.23. The molecule has 0 radical (unpaired) electrons. The second-order valence-electron chi connectivity index (χ2n) is 4.74. The van der Waals surface area contributed by atoms with Crippen molar-refractivity contribution in [1.82, 2.24) is 0 Å². The molecule has 3 nitrogen and oxygen atoms in total. The zero-order chi connectivity index (χ0) is 12.6. The Hall–Kier alpha value is -1.77. The first kappa shape index (κ1) is 11.7. The molecule has 0 heterocycles. The molecule has 1 aliphatic carbocycles. The van der Waals surface area contributed by atoms with Crippen LogP contribution >= 0.6 is 0 Å². The summed E-state index contributed by atoms with van der Waals surface area (Å²) in [6.07, 6.45) is 0.566. The highest BCUT2D eigenvalue weighted by molar-refractivity contribution is 6.29. The third kappa shape index (κ3) is 1.71. The van der Waals surface area contributed by atoms with Gasteiger partial charge in [-0.1, -0.05) is 24.3 Å². The van der Waals surface area contributed by atoms with Crippen LogP contribution in [0, 0.1) is 5.41 Å². The van der Waals surface area contributed by atoms with Gasteiger partial charge in [-0.05, 0) is 20.3 Å². The quantitative estimate of drug-likeness (QED) is 0.749. The SMILES string of the molecule is CC(=O)CCC1(C)C(=O)c2ccccc2C1=O. The van der Waals surface area contributed by atoms with Crippen molar-refractivity contribution in [3.63, 3.8) is 0 Å². The van der Waals surface area contributed by atoms with Gasteiger partial charge >= 0.3 is 0 Å². The Balaban J connectivity index is 2.38. The van der Waals surface area contributed by atoms with E-state index in [0.717, 1.165) is 0 Å². The number of hydrogen-bond donors (Lipinski definition) is 0. The van der Waals surface area contributed by atoms with Crippen molar-refractivity contribution < 1.29 is 14.4 Å². The highest BCUT2D eigenvalue weighted by Gasteiger charge is 2.48. The maximum absolute atomic E-state index is 12.2. The second kappa shape index (κ2) is 3.91. The van der Waals surface area contributed by atoms with E-state index in [1.54, 1.807) is 31.2 Å². The lowest BCUT2D eigenvalue weighted by atomic mass is 9.80. The normalized spacial score (nSPS) is 17.1. The lowest BCUT2D eigenvalue weighted by Gasteiger charge is -2.19. The van der Waals surface area contributed by atoms with Crippen LogP contribution < -0.4 is 0 Å². The van der Waals surface area contributed by atoms with Crippen LogP contribution in [-0.4, -0.2) is 17.3 Å². The molecule has 0 aliphatic heterocycles. The molecule has 1 aromatic carbocycles. The number of ketones is 3. The highest BCUT2D eigenvalue weighted by Crippen LogP contribution is 2.39. The predicted molar refractivity (Wildman–Crippen MR) is 63.1 cm³/mol. The van der Waals surface area contributed by atoms with E-state index in [-0.39, 0.29) is 23.8 Å². The van der Waals surface area contributed by atoms with Gasteiger partial charge in [0.05, 0.1) is 5.41 Å². The van der Waals surface area contributed by atoms with Crippen LogP contribution in [0.25, 0.3) is 0 Å². The summed E-state index contributed by atoms with van der Waals surface area (Å²) < 4.78 is 0. The van der Waals surface area contributed by atoms with Crippen LogP contribution in [0.2, 0.25) is 0 Å². The molecule has 0 spiro atoms. The highest BCUT2D eigenvalue weighted by atomic mass is 16.2. The van der Waals surface area contributed by atoms with Gasteiger partial charge in [0.2, 0.25) is 0 Å². The Morgan fingerprint density at radius 1 is 1.12 bits per heavy atom. The molecule has 0 N–H and O–H groups in total. The summed E-state index contributed by atoms with van der Waals surface area (Å²) in [6.45, 7) is 3.11. The molecular formula is C14H14O3. The van der Waals surface area contributed by atoms with Gasteiger partial charge in [-0.2, -0.15) is 0 Å². The molecule has 2 rings (SSSR count). The van der Waals surface area contributed by atoms with Crippen LogP contribution in [0.4, 0.5) is 0 Å². The Morgan fingerprint density at radius 3 is 2.00 bits per heavy atom. The van der Waals surface area contributed by atoms with E-state index in [0.29, 0.717) is 17.5 Å². The number of carbonyl (C=O) groups is 3. The van der Waals surface area contributed by atoms with Gasteiger partial charge in [0.15, 0.2) is 11.6 Å². The molecule has 0 saturated carbocycles.